The van der Waals surface area contributed by atoms with Crippen molar-refractivity contribution in [3.63, 3.8) is 0 Å². The molecule has 0 radical (unpaired) electrons. The zero-order valence-electron chi connectivity index (χ0n) is 7.68. The Balaban J connectivity index is 2.35. The highest BCUT2D eigenvalue weighted by molar-refractivity contribution is 5.08. The van der Waals surface area contributed by atoms with E-state index in [1.54, 1.807) is 18.5 Å². The van der Waals surface area contributed by atoms with E-state index >= 15 is 0 Å². The Kier molecular flexibility index (Phi) is 4.35. The van der Waals surface area contributed by atoms with E-state index in [-0.39, 0.29) is 0 Å². The van der Waals surface area contributed by atoms with Crippen molar-refractivity contribution in [3.05, 3.63) is 24.0 Å². The Hall–Kier alpha value is -1.00. The average Bonchev–Trinajstić information content (AvgIpc) is 2.19. The SMILES string of the molecule is CCCOCC(O)c1ccnnc1. The van der Waals surface area contributed by atoms with Crippen LogP contribution >= 0.6 is 0 Å². The van der Waals surface area contributed by atoms with Crippen LogP contribution < -0.4 is 0 Å². The Labute approximate surface area is 77.6 Å². The molecule has 0 fully saturated rings. The molecule has 1 aromatic rings. The van der Waals surface area contributed by atoms with Gasteiger partial charge in [0.05, 0.1) is 12.8 Å². The lowest BCUT2D eigenvalue weighted by Crippen LogP contribution is -2.08. The number of ether oxygens (including phenoxy) is 1. The first-order chi connectivity index (χ1) is 6.34. The largest absolute Gasteiger partial charge is 0.386 e. The maximum absolute atomic E-state index is 9.55. The molecule has 0 aromatic carbocycles. The summed E-state index contributed by atoms with van der Waals surface area (Å²) < 4.78 is 5.20. The normalized spacial score (nSPS) is 12.8. The highest BCUT2D eigenvalue weighted by Crippen LogP contribution is 2.09. The zero-order chi connectivity index (χ0) is 9.52. The molecule has 0 saturated heterocycles. The number of hydrogen-bond acceptors (Lipinski definition) is 4. The highest BCUT2D eigenvalue weighted by atomic mass is 16.5. The first-order valence-electron chi connectivity index (χ1n) is 4.37. The van der Waals surface area contributed by atoms with Crippen LogP contribution in [0.25, 0.3) is 0 Å². The molecule has 1 unspecified atom stereocenters. The number of aromatic nitrogens is 2. The first kappa shape index (κ1) is 10.1. The number of rotatable bonds is 5. The molecule has 0 aliphatic carbocycles. The molecule has 1 atom stereocenters. The maximum atomic E-state index is 9.55. The van der Waals surface area contributed by atoms with Crippen molar-refractivity contribution in [1.29, 1.82) is 0 Å². The van der Waals surface area contributed by atoms with Gasteiger partial charge in [-0.25, -0.2) is 0 Å². The number of aliphatic hydroxyl groups is 1. The van der Waals surface area contributed by atoms with Gasteiger partial charge in [-0.3, -0.25) is 0 Å². The lowest BCUT2D eigenvalue weighted by Gasteiger charge is -2.09. The molecule has 1 rings (SSSR count). The van der Waals surface area contributed by atoms with Crippen LogP contribution in [-0.4, -0.2) is 28.5 Å². The van der Waals surface area contributed by atoms with Gasteiger partial charge in [-0.1, -0.05) is 6.92 Å². The van der Waals surface area contributed by atoms with Crippen molar-refractivity contribution in [2.75, 3.05) is 13.2 Å². The van der Waals surface area contributed by atoms with Crippen LogP contribution in [0.15, 0.2) is 18.5 Å². The summed E-state index contributed by atoms with van der Waals surface area (Å²) in [6.45, 7) is 3.02. The van der Waals surface area contributed by atoms with Gasteiger partial charge < -0.3 is 9.84 Å². The fourth-order valence-electron chi connectivity index (χ4n) is 0.934. The standard InChI is InChI=1S/C9H14N2O2/c1-2-5-13-7-9(12)8-3-4-10-11-6-8/h3-4,6,9,12H,2,5,7H2,1H3. The molecule has 0 saturated carbocycles. The number of hydrogen-bond donors (Lipinski definition) is 1. The van der Waals surface area contributed by atoms with E-state index in [1.165, 1.54) is 0 Å². The first-order valence-corrected chi connectivity index (χ1v) is 4.37. The van der Waals surface area contributed by atoms with Crippen LogP contribution in [0.4, 0.5) is 0 Å². The summed E-state index contributed by atoms with van der Waals surface area (Å²) in [6, 6.07) is 1.73. The lowest BCUT2D eigenvalue weighted by atomic mass is 10.2. The second-order valence-corrected chi connectivity index (χ2v) is 2.77. The van der Waals surface area contributed by atoms with Crippen LogP contribution in [0.2, 0.25) is 0 Å². The highest BCUT2D eigenvalue weighted by Gasteiger charge is 2.06. The van der Waals surface area contributed by atoms with Crippen LogP contribution in [0.3, 0.4) is 0 Å². The van der Waals surface area contributed by atoms with E-state index in [4.69, 9.17) is 4.74 Å². The minimum atomic E-state index is -0.595. The monoisotopic (exact) mass is 182 g/mol. The number of nitrogens with zero attached hydrogens (tertiary/aromatic N) is 2. The molecule has 0 spiro atoms. The molecule has 0 amide bonds. The molecular weight excluding hydrogens is 168 g/mol. The smallest absolute Gasteiger partial charge is 0.104 e. The van der Waals surface area contributed by atoms with Gasteiger partial charge in [0.1, 0.15) is 6.10 Å². The van der Waals surface area contributed by atoms with Gasteiger partial charge >= 0.3 is 0 Å². The van der Waals surface area contributed by atoms with Crippen LogP contribution in [0, 0.1) is 0 Å². The summed E-state index contributed by atoms with van der Waals surface area (Å²) in [5.41, 5.74) is 0.742. The topological polar surface area (TPSA) is 55.2 Å². The van der Waals surface area contributed by atoms with E-state index in [9.17, 15) is 5.11 Å². The second-order valence-electron chi connectivity index (χ2n) is 2.77. The van der Waals surface area contributed by atoms with E-state index in [2.05, 4.69) is 10.2 Å². The summed E-state index contributed by atoms with van der Waals surface area (Å²) >= 11 is 0. The minimum Gasteiger partial charge on any atom is -0.386 e. The van der Waals surface area contributed by atoms with Gasteiger partial charge in [0.25, 0.3) is 0 Å². The van der Waals surface area contributed by atoms with Gasteiger partial charge in [0.15, 0.2) is 0 Å². The van der Waals surface area contributed by atoms with E-state index in [0.29, 0.717) is 13.2 Å². The Morgan fingerprint density at radius 2 is 2.38 bits per heavy atom. The van der Waals surface area contributed by atoms with Gasteiger partial charge in [-0.05, 0) is 12.5 Å². The molecule has 0 aliphatic rings. The van der Waals surface area contributed by atoms with Crippen molar-refractivity contribution in [2.45, 2.75) is 19.4 Å². The van der Waals surface area contributed by atoms with Crippen molar-refractivity contribution in [2.24, 2.45) is 0 Å². The van der Waals surface area contributed by atoms with Gasteiger partial charge in [0.2, 0.25) is 0 Å². The van der Waals surface area contributed by atoms with Crippen molar-refractivity contribution in [1.82, 2.24) is 10.2 Å². The molecule has 0 aliphatic heterocycles. The van der Waals surface area contributed by atoms with E-state index in [1.807, 2.05) is 6.92 Å². The lowest BCUT2D eigenvalue weighted by molar-refractivity contribution is 0.0361. The van der Waals surface area contributed by atoms with Crippen molar-refractivity contribution < 1.29 is 9.84 Å². The van der Waals surface area contributed by atoms with Crippen molar-refractivity contribution >= 4 is 0 Å². The molecule has 13 heavy (non-hydrogen) atoms. The Bertz CT molecular complexity index is 228. The molecule has 0 bridgehead atoms. The van der Waals surface area contributed by atoms with Crippen LogP contribution in [0.1, 0.15) is 25.0 Å². The quantitative estimate of drug-likeness (QED) is 0.688. The molecule has 72 valence electrons. The molecule has 1 heterocycles. The third-order valence-corrected chi connectivity index (χ3v) is 1.62. The Morgan fingerprint density at radius 3 is 3.00 bits per heavy atom. The van der Waals surface area contributed by atoms with Gasteiger partial charge in [0, 0.05) is 18.4 Å². The van der Waals surface area contributed by atoms with Gasteiger partial charge in [-0.2, -0.15) is 10.2 Å². The number of aliphatic hydroxyl groups excluding tert-OH is 1. The maximum Gasteiger partial charge on any atom is 0.104 e. The average molecular weight is 182 g/mol. The third-order valence-electron chi connectivity index (χ3n) is 1.62. The van der Waals surface area contributed by atoms with Crippen molar-refractivity contribution in [3.8, 4) is 0 Å². The molecule has 4 heteroatoms. The predicted octanol–water partition coefficient (Wildman–Crippen LogP) is 0.937. The second kappa shape index (κ2) is 5.61. The Morgan fingerprint density at radius 1 is 1.54 bits per heavy atom. The summed E-state index contributed by atoms with van der Waals surface area (Å²) in [4.78, 5) is 0. The summed E-state index contributed by atoms with van der Waals surface area (Å²) in [6.07, 6.45) is 3.46. The minimum absolute atomic E-state index is 0.319. The van der Waals surface area contributed by atoms with E-state index < -0.39 is 6.10 Å². The van der Waals surface area contributed by atoms with Crippen LogP contribution in [-0.2, 0) is 4.74 Å². The molecule has 4 nitrogen and oxygen atoms in total. The summed E-state index contributed by atoms with van der Waals surface area (Å²) in [5, 5.41) is 16.8. The molecule has 1 aromatic heterocycles. The molecule has 1 N–H and O–H groups in total. The third kappa shape index (κ3) is 3.48. The summed E-state index contributed by atoms with van der Waals surface area (Å²) in [7, 11) is 0. The van der Waals surface area contributed by atoms with Gasteiger partial charge in [-0.15, -0.1) is 0 Å². The predicted molar refractivity (Wildman–Crippen MR) is 48.1 cm³/mol. The van der Waals surface area contributed by atoms with E-state index in [0.717, 1.165) is 12.0 Å². The summed E-state index contributed by atoms with van der Waals surface area (Å²) in [5.74, 6) is 0. The zero-order valence-corrected chi connectivity index (χ0v) is 7.68. The molecular formula is C9H14N2O2. The fraction of sp³-hybridized carbons (Fsp3) is 0.556. The van der Waals surface area contributed by atoms with Crippen LogP contribution in [0.5, 0.6) is 0 Å². The fourth-order valence-corrected chi connectivity index (χ4v) is 0.934.